The molecule has 1 aliphatic heterocycles. The fourth-order valence-corrected chi connectivity index (χ4v) is 2.95. The van der Waals surface area contributed by atoms with Crippen molar-refractivity contribution >= 4 is 38.8 Å². The third kappa shape index (κ3) is 2.44. The number of carboxylic acids is 1. The molecule has 0 saturated carbocycles. The third-order valence-corrected chi connectivity index (χ3v) is 4.62. The summed E-state index contributed by atoms with van der Waals surface area (Å²) in [5.74, 6) is -1.13. The monoisotopic (exact) mass is 351 g/mol. The first kappa shape index (κ1) is 14.1. The summed E-state index contributed by atoms with van der Waals surface area (Å²) in [5.41, 5.74) is 0.650. The van der Waals surface area contributed by atoms with E-state index in [0.29, 0.717) is 24.4 Å². The highest BCUT2D eigenvalue weighted by Gasteiger charge is 2.38. The molecule has 1 unspecified atom stereocenters. The smallest absolute Gasteiger partial charge is 0.306 e. The summed E-state index contributed by atoms with van der Waals surface area (Å²) in [5, 5.41) is 9.82. The molecule has 2 aromatic rings. The molecule has 1 aliphatic rings. The van der Waals surface area contributed by atoms with E-state index in [1.54, 1.807) is 17.9 Å². The van der Waals surface area contributed by atoms with Crippen LogP contribution in [0.5, 0.6) is 0 Å². The Hall–Kier alpha value is -1.82. The van der Waals surface area contributed by atoms with Gasteiger partial charge in [-0.3, -0.25) is 9.59 Å². The van der Waals surface area contributed by atoms with Gasteiger partial charge in [0.15, 0.2) is 5.76 Å². The zero-order valence-electron chi connectivity index (χ0n) is 11.4. The molecule has 3 rings (SSSR count). The lowest BCUT2D eigenvalue weighted by Crippen LogP contribution is -2.53. The topological polar surface area (TPSA) is 70.8 Å². The minimum absolute atomic E-state index is 0.0163. The van der Waals surface area contributed by atoms with E-state index in [4.69, 9.17) is 9.52 Å². The molecule has 1 aromatic heterocycles. The Morgan fingerprint density at radius 1 is 1.43 bits per heavy atom. The van der Waals surface area contributed by atoms with Crippen molar-refractivity contribution in [3.63, 3.8) is 0 Å². The molecule has 5 nitrogen and oxygen atoms in total. The van der Waals surface area contributed by atoms with Crippen molar-refractivity contribution in [2.45, 2.75) is 6.92 Å². The summed E-state index contributed by atoms with van der Waals surface area (Å²) in [6.07, 6.45) is 0. The number of aliphatic carboxylic acids is 1. The summed E-state index contributed by atoms with van der Waals surface area (Å²) in [7, 11) is 0. The number of carboxylic acid groups (broad SMARTS) is 1. The van der Waals surface area contributed by atoms with Gasteiger partial charge in [-0.15, -0.1) is 0 Å². The van der Waals surface area contributed by atoms with Crippen LogP contribution in [0.15, 0.2) is 33.2 Å². The average Bonchev–Trinajstić information content (AvgIpc) is 2.82. The average molecular weight is 352 g/mol. The van der Waals surface area contributed by atoms with Crippen molar-refractivity contribution in [2.75, 3.05) is 13.1 Å². The van der Waals surface area contributed by atoms with E-state index in [2.05, 4.69) is 15.9 Å². The molecule has 1 aromatic carbocycles. The quantitative estimate of drug-likeness (QED) is 0.922. The molecule has 0 aliphatic carbocycles. The Labute approximate surface area is 129 Å². The summed E-state index contributed by atoms with van der Waals surface area (Å²) >= 11 is 3.39. The van der Waals surface area contributed by atoms with E-state index < -0.39 is 11.9 Å². The van der Waals surface area contributed by atoms with Crippen molar-refractivity contribution in [3.05, 3.63) is 34.5 Å². The highest BCUT2D eigenvalue weighted by atomic mass is 79.9. The van der Waals surface area contributed by atoms with Crippen molar-refractivity contribution in [1.82, 2.24) is 4.90 Å². The minimum Gasteiger partial charge on any atom is -0.481 e. The second kappa shape index (κ2) is 5.18. The van der Waals surface area contributed by atoms with Gasteiger partial charge in [0.05, 0.1) is 10.4 Å². The number of carbonyl (C=O) groups excluding carboxylic acids is 1. The van der Waals surface area contributed by atoms with Gasteiger partial charge >= 0.3 is 5.97 Å². The van der Waals surface area contributed by atoms with Crippen LogP contribution in [0.3, 0.4) is 0 Å². The predicted octanol–water partition coefficient (Wildman–Crippen LogP) is 2.99. The van der Waals surface area contributed by atoms with Crippen molar-refractivity contribution in [3.8, 4) is 0 Å². The van der Waals surface area contributed by atoms with Gasteiger partial charge in [-0.25, -0.2) is 0 Å². The molecule has 1 saturated heterocycles. The van der Waals surface area contributed by atoms with Crippen molar-refractivity contribution in [2.24, 2.45) is 11.8 Å². The number of para-hydroxylation sites is 1. The number of furan rings is 1. The lowest BCUT2D eigenvalue weighted by atomic mass is 9.87. The van der Waals surface area contributed by atoms with Crippen molar-refractivity contribution in [1.29, 1.82) is 0 Å². The van der Waals surface area contributed by atoms with Crippen LogP contribution in [0.25, 0.3) is 11.0 Å². The Bertz CT molecular complexity index is 718. The highest BCUT2D eigenvalue weighted by Crippen LogP contribution is 2.30. The highest BCUT2D eigenvalue weighted by molar-refractivity contribution is 9.10. The number of rotatable bonds is 3. The number of fused-ring (bicyclic) bond motifs is 1. The molecule has 2 heterocycles. The summed E-state index contributed by atoms with van der Waals surface area (Å²) in [6, 6.07) is 7.33. The molecule has 1 N–H and O–H groups in total. The van der Waals surface area contributed by atoms with Gasteiger partial charge in [0.2, 0.25) is 0 Å². The number of benzene rings is 1. The van der Waals surface area contributed by atoms with Gasteiger partial charge in [-0.1, -0.05) is 19.1 Å². The molecule has 110 valence electrons. The first-order valence-corrected chi connectivity index (χ1v) is 7.47. The van der Waals surface area contributed by atoms with E-state index in [9.17, 15) is 9.59 Å². The largest absolute Gasteiger partial charge is 0.481 e. The molecular weight excluding hydrogens is 338 g/mol. The lowest BCUT2D eigenvalue weighted by molar-refractivity contribution is -0.144. The predicted molar refractivity (Wildman–Crippen MR) is 80.1 cm³/mol. The maximum Gasteiger partial charge on any atom is 0.306 e. The molecule has 1 atom stereocenters. The SMILES string of the molecule is CC(C(=O)O)C1CN(C(=O)c2cc3cccc(Br)c3o2)C1. The Kier molecular flexibility index (Phi) is 3.49. The van der Waals surface area contributed by atoms with Gasteiger partial charge in [-0.2, -0.15) is 0 Å². The normalized spacial score (nSPS) is 16.8. The van der Waals surface area contributed by atoms with Crippen LogP contribution >= 0.6 is 15.9 Å². The first-order valence-electron chi connectivity index (χ1n) is 6.67. The molecule has 21 heavy (non-hydrogen) atoms. The first-order chi connectivity index (χ1) is 9.97. The Balaban J connectivity index is 1.74. The standard InChI is InChI=1S/C15H14BrNO4/c1-8(15(19)20)10-6-17(7-10)14(18)12-5-9-3-2-4-11(16)13(9)21-12/h2-5,8,10H,6-7H2,1H3,(H,19,20). The number of halogens is 1. The van der Waals surface area contributed by atoms with Gasteiger partial charge in [0.25, 0.3) is 5.91 Å². The number of likely N-dealkylation sites (tertiary alicyclic amines) is 1. The third-order valence-electron chi connectivity index (χ3n) is 4.00. The number of carbonyl (C=O) groups is 2. The van der Waals surface area contributed by atoms with Crippen LogP contribution in [-0.4, -0.2) is 35.0 Å². The zero-order valence-corrected chi connectivity index (χ0v) is 13.0. The van der Waals surface area contributed by atoms with Crippen LogP contribution < -0.4 is 0 Å². The van der Waals surface area contributed by atoms with E-state index in [1.807, 2.05) is 18.2 Å². The van der Waals surface area contributed by atoms with Gasteiger partial charge in [0.1, 0.15) is 5.58 Å². The van der Waals surface area contributed by atoms with Crippen LogP contribution in [0.4, 0.5) is 0 Å². The molecule has 0 spiro atoms. The molecule has 0 bridgehead atoms. The summed E-state index contributed by atoms with van der Waals surface area (Å²) < 4.78 is 6.41. The van der Waals surface area contributed by atoms with Crippen LogP contribution in [0.1, 0.15) is 17.5 Å². The Morgan fingerprint density at radius 3 is 2.76 bits per heavy atom. The maximum absolute atomic E-state index is 12.3. The summed E-state index contributed by atoms with van der Waals surface area (Å²) in [4.78, 5) is 24.8. The number of nitrogens with zero attached hydrogens (tertiary/aromatic N) is 1. The Morgan fingerprint density at radius 2 is 2.14 bits per heavy atom. The fourth-order valence-electron chi connectivity index (χ4n) is 2.49. The lowest BCUT2D eigenvalue weighted by Gasteiger charge is -2.40. The van der Waals surface area contributed by atoms with Gasteiger partial charge < -0.3 is 14.4 Å². The van der Waals surface area contributed by atoms with Gasteiger partial charge in [0, 0.05) is 24.4 Å². The molecular formula is C15H14BrNO4. The van der Waals surface area contributed by atoms with Crippen LogP contribution in [-0.2, 0) is 4.79 Å². The number of amides is 1. The number of hydrogen-bond acceptors (Lipinski definition) is 3. The second-order valence-corrected chi connectivity index (χ2v) is 6.22. The van der Waals surface area contributed by atoms with E-state index in [1.165, 1.54) is 0 Å². The van der Waals surface area contributed by atoms with Crippen LogP contribution in [0, 0.1) is 11.8 Å². The molecule has 1 fully saturated rings. The fraction of sp³-hybridized carbons (Fsp3) is 0.333. The summed E-state index contributed by atoms with van der Waals surface area (Å²) in [6.45, 7) is 2.60. The zero-order chi connectivity index (χ0) is 15.1. The molecule has 1 amide bonds. The van der Waals surface area contributed by atoms with E-state index in [0.717, 1.165) is 9.86 Å². The molecule has 6 heteroatoms. The van der Waals surface area contributed by atoms with Gasteiger partial charge in [-0.05, 0) is 28.1 Å². The van der Waals surface area contributed by atoms with Crippen molar-refractivity contribution < 1.29 is 19.1 Å². The minimum atomic E-state index is -0.820. The van der Waals surface area contributed by atoms with E-state index in [-0.39, 0.29) is 11.8 Å². The van der Waals surface area contributed by atoms with E-state index >= 15 is 0 Å². The maximum atomic E-state index is 12.3. The number of hydrogen-bond donors (Lipinski definition) is 1. The second-order valence-electron chi connectivity index (χ2n) is 5.37. The van der Waals surface area contributed by atoms with Crippen LogP contribution in [0.2, 0.25) is 0 Å². The molecule has 0 radical (unpaired) electrons.